The van der Waals surface area contributed by atoms with Gasteiger partial charge < -0.3 is 5.32 Å². The Kier molecular flexibility index (Phi) is 7.19. The Morgan fingerprint density at radius 1 is 0.833 bits per heavy atom. The van der Waals surface area contributed by atoms with Gasteiger partial charge in [-0.25, -0.2) is 4.98 Å². The van der Waals surface area contributed by atoms with Gasteiger partial charge in [0.15, 0.2) is 5.16 Å². The maximum atomic E-state index is 13.6. The van der Waals surface area contributed by atoms with Crippen LogP contribution in [0.2, 0.25) is 0 Å². The minimum Gasteiger partial charge on any atom is -0.348 e. The van der Waals surface area contributed by atoms with Crippen LogP contribution >= 0.6 is 11.8 Å². The summed E-state index contributed by atoms with van der Waals surface area (Å²) in [6, 6.07) is 28.6. The molecule has 0 aliphatic rings. The normalized spacial score (nSPS) is 10.9. The smallest absolute Gasteiger partial charge is 0.262 e. The number of amides is 1. The van der Waals surface area contributed by atoms with Crippen LogP contribution in [0.5, 0.6) is 0 Å². The predicted octanol–water partition coefficient (Wildman–Crippen LogP) is 5.06. The molecule has 0 bridgehead atoms. The van der Waals surface area contributed by atoms with Crippen LogP contribution in [-0.2, 0) is 18.8 Å². The van der Waals surface area contributed by atoms with Crippen LogP contribution in [0.3, 0.4) is 0 Å². The van der Waals surface area contributed by atoms with E-state index in [4.69, 9.17) is 4.98 Å². The Labute approximate surface area is 213 Å². The molecule has 0 atom stereocenters. The molecule has 2 aromatic heterocycles. The third kappa shape index (κ3) is 5.53. The lowest BCUT2D eigenvalue weighted by Crippen LogP contribution is -2.25. The fraction of sp³-hybridized carbons (Fsp3) is 0.103. The molecule has 7 heteroatoms. The van der Waals surface area contributed by atoms with E-state index in [9.17, 15) is 9.59 Å². The van der Waals surface area contributed by atoms with Crippen molar-refractivity contribution in [3.8, 4) is 0 Å². The summed E-state index contributed by atoms with van der Waals surface area (Å²) in [7, 11) is 0. The highest BCUT2D eigenvalue weighted by Crippen LogP contribution is 2.23. The van der Waals surface area contributed by atoms with Crippen LogP contribution < -0.4 is 10.9 Å². The van der Waals surface area contributed by atoms with Gasteiger partial charge in [-0.05, 0) is 47.0 Å². The van der Waals surface area contributed by atoms with Crippen molar-refractivity contribution in [3.63, 3.8) is 0 Å². The van der Waals surface area contributed by atoms with Gasteiger partial charge in [0, 0.05) is 30.3 Å². The molecule has 36 heavy (non-hydrogen) atoms. The number of rotatable bonds is 8. The van der Waals surface area contributed by atoms with Crippen LogP contribution in [0.25, 0.3) is 10.9 Å². The fourth-order valence-corrected chi connectivity index (χ4v) is 4.82. The first-order chi connectivity index (χ1) is 17.7. The standard InChI is InChI=1S/C29H24N4O2S/c34-27(31-18-21-7-3-1-4-8-21)24-11-12-25-26(17-24)32-29(36-20-23-13-15-30-16-14-23)33(28(25)35)19-22-9-5-2-6-10-22/h1-17H,18-20H2,(H,31,34). The molecule has 0 saturated heterocycles. The lowest BCUT2D eigenvalue weighted by molar-refractivity contribution is 0.0951. The largest absolute Gasteiger partial charge is 0.348 e. The average Bonchev–Trinajstić information content (AvgIpc) is 2.93. The number of aromatic nitrogens is 3. The molecule has 0 aliphatic heterocycles. The average molecular weight is 493 g/mol. The summed E-state index contributed by atoms with van der Waals surface area (Å²) in [5.41, 5.74) is 3.97. The summed E-state index contributed by atoms with van der Waals surface area (Å²) in [6.45, 7) is 0.845. The van der Waals surface area contributed by atoms with Crippen molar-refractivity contribution >= 4 is 28.6 Å². The number of carbonyl (C=O) groups excluding carboxylic acids is 1. The highest BCUT2D eigenvalue weighted by molar-refractivity contribution is 7.98. The molecular formula is C29H24N4O2S. The van der Waals surface area contributed by atoms with Gasteiger partial charge in [-0.3, -0.25) is 19.1 Å². The van der Waals surface area contributed by atoms with E-state index in [1.165, 1.54) is 11.8 Å². The molecule has 5 aromatic rings. The Bertz CT molecular complexity index is 1540. The van der Waals surface area contributed by atoms with Crippen LogP contribution in [0.15, 0.2) is 113 Å². The van der Waals surface area contributed by atoms with Crippen molar-refractivity contribution in [2.75, 3.05) is 0 Å². The zero-order chi connectivity index (χ0) is 24.7. The Morgan fingerprint density at radius 3 is 2.25 bits per heavy atom. The van der Waals surface area contributed by atoms with E-state index in [0.29, 0.717) is 40.5 Å². The van der Waals surface area contributed by atoms with Crippen LogP contribution in [0.1, 0.15) is 27.0 Å². The van der Waals surface area contributed by atoms with Gasteiger partial charge in [0.05, 0.1) is 17.4 Å². The summed E-state index contributed by atoms with van der Waals surface area (Å²) in [6.07, 6.45) is 3.50. The summed E-state index contributed by atoms with van der Waals surface area (Å²) >= 11 is 1.49. The second kappa shape index (κ2) is 11.0. The highest BCUT2D eigenvalue weighted by Gasteiger charge is 2.15. The van der Waals surface area contributed by atoms with Crippen LogP contribution in [0, 0.1) is 0 Å². The molecule has 0 spiro atoms. The molecule has 2 heterocycles. The van der Waals surface area contributed by atoms with Crippen molar-refractivity contribution in [1.82, 2.24) is 19.9 Å². The van der Waals surface area contributed by atoms with Crippen molar-refractivity contribution in [2.45, 2.75) is 24.0 Å². The zero-order valence-electron chi connectivity index (χ0n) is 19.5. The monoisotopic (exact) mass is 492 g/mol. The SMILES string of the molecule is O=C(NCc1ccccc1)c1ccc2c(=O)n(Cc3ccccc3)c(SCc3ccncc3)nc2c1. The molecule has 1 amide bonds. The third-order valence-electron chi connectivity index (χ3n) is 5.78. The Morgan fingerprint density at radius 2 is 1.53 bits per heavy atom. The maximum Gasteiger partial charge on any atom is 0.262 e. The van der Waals surface area contributed by atoms with Crippen molar-refractivity contribution in [1.29, 1.82) is 0 Å². The second-order valence-corrected chi connectivity index (χ2v) is 9.26. The molecule has 0 saturated carbocycles. The first kappa shape index (κ1) is 23.5. The Hall–Kier alpha value is -4.23. The minimum absolute atomic E-state index is 0.127. The van der Waals surface area contributed by atoms with Crippen molar-refractivity contribution in [3.05, 3.63) is 136 Å². The molecule has 3 aromatic carbocycles. The van der Waals surface area contributed by atoms with Gasteiger partial charge in [-0.1, -0.05) is 72.4 Å². The van der Waals surface area contributed by atoms with E-state index < -0.39 is 0 Å². The summed E-state index contributed by atoms with van der Waals surface area (Å²) < 4.78 is 1.71. The summed E-state index contributed by atoms with van der Waals surface area (Å²) in [4.78, 5) is 35.3. The van der Waals surface area contributed by atoms with Crippen LogP contribution in [-0.4, -0.2) is 20.4 Å². The molecular weight excluding hydrogens is 468 g/mol. The lowest BCUT2D eigenvalue weighted by Gasteiger charge is -2.14. The van der Waals surface area contributed by atoms with Gasteiger partial charge in [0.25, 0.3) is 11.5 Å². The number of thioether (sulfide) groups is 1. The fourth-order valence-electron chi connectivity index (χ4n) is 3.86. The van der Waals surface area contributed by atoms with E-state index in [1.807, 2.05) is 72.8 Å². The Balaban J connectivity index is 1.47. The predicted molar refractivity (Wildman–Crippen MR) is 143 cm³/mol. The van der Waals surface area contributed by atoms with Gasteiger partial charge >= 0.3 is 0 Å². The number of hydrogen-bond acceptors (Lipinski definition) is 5. The maximum absolute atomic E-state index is 13.6. The number of benzene rings is 3. The molecule has 0 aliphatic carbocycles. The van der Waals surface area contributed by atoms with Crippen molar-refractivity contribution < 1.29 is 4.79 Å². The molecule has 0 unspecified atom stereocenters. The van der Waals surface area contributed by atoms with Crippen molar-refractivity contribution in [2.24, 2.45) is 0 Å². The van der Waals surface area contributed by atoms with E-state index in [0.717, 1.165) is 16.7 Å². The summed E-state index contributed by atoms with van der Waals surface area (Å²) in [5.74, 6) is 0.439. The highest BCUT2D eigenvalue weighted by atomic mass is 32.2. The minimum atomic E-state index is -0.206. The van der Waals surface area contributed by atoms with Gasteiger partial charge in [-0.2, -0.15) is 0 Å². The quantitative estimate of drug-likeness (QED) is 0.242. The van der Waals surface area contributed by atoms with Gasteiger partial charge in [-0.15, -0.1) is 0 Å². The van der Waals surface area contributed by atoms with E-state index in [-0.39, 0.29) is 11.5 Å². The number of carbonyl (C=O) groups is 1. The number of hydrogen-bond donors (Lipinski definition) is 1. The van der Waals surface area contributed by atoms with Crippen LogP contribution in [0.4, 0.5) is 0 Å². The second-order valence-electron chi connectivity index (χ2n) is 8.32. The number of fused-ring (bicyclic) bond motifs is 1. The topological polar surface area (TPSA) is 76.9 Å². The molecule has 0 radical (unpaired) electrons. The first-order valence-corrected chi connectivity index (χ1v) is 12.6. The molecule has 178 valence electrons. The number of pyridine rings is 1. The number of nitrogens with zero attached hydrogens (tertiary/aromatic N) is 3. The lowest BCUT2D eigenvalue weighted by atomic mass is 10.1. The molecule has 0 fully saturated rings. The molecule has 1 N–H and O–H groups in total. The molecule has 5 rings (SSSR count). The van der Waals surface area contributed by atoms with E-state index in [1.54, 1.807) is 35.2 Å². The van der Waals surface area contributed by atoms with E-state index >= 15 is 0 Å². The number of nitrogens with one attached hydrogen (secondary N) is 1. The zero-order valence-corrected chi connectivity index (χ0v) is 20.3. The van der Waals surface area contributed by atoms with Gasteiger partial charge in [0.2, 0.25) is 0 Å². The first-order valence-electron chi connectivity index (χ1n) is 11.6. The van der Waals surface area contributed by atoms with E-state index in [2.05, 4.69) is 10.3 Å². The molecule has 6 nitrogen and oxygen atoms in total. The third-order valence-corrected chi connectivity index (χ3v) is 6.83. The van der Waals surface area contributed by atoms with Gasteiger partial charge in [0.1, 0.15) is 0 Å². The summed E-state index contributed by atoms with van der Waals surface area (Å²) in [5, 5.41) is 4.03.